The third kappa shape index (κ3) is 3.25. The summed E-state index contributed by atoms with van der Waals surface area (Å²) in [4.78, 5) is 23.7. The Hall–Kier alpha value is -2.43. The van der Waals surface area contributed by atoms with Gasteiger partial charge in [0.05, 0.1) is 5.56 Å². The Bertz CT molecular complexity index is 729. The molecule has 3 heterocycles. The van der Waals surface area contributed by atoms with Crippen LogP contribution in [0, 0.1) is 5.92 Å². The zero-order valence-electron chi connectivity index (χ0n) is 14.3. The molecule has 0 unspecified atom stereocenters. The summed E-state index contributed by atoms with van der Waals surface area (Å²) in [6.45, 7) is 5.48. The van der Waals surface area contributed by atoms with Crippen molar-refractivity contribution in [2.75, 3.05) is 17.2 Å². The van der Waals surface area contributed by atoms with Crippen LogP contribution in [0.5, 0.6) is 0 Å². The number of carbonyl (C=O) groups excluding carboxylic acids is 1. The monoisotopic (exact) mass is 324 g/mol. The van der Waals surface area contributed by atoms with Crippen LogP contribution in [0.1, 0.15) is 49.2 Å². The van der Waals surface area contributed by atoms with Gasteiger partial charge in [0.1, 0.15) is 17.3 Å². The van der Waals surface area contributed by atoms with E-state index in [0.717, 1.165) is 12.4 Å². The van der Waals surface area contributed by atoms with E-state index in [-0.39, 0.29) is 11.6 Å². The lowest BCUT2D eigenvalue weighted by Gasteiger charge is -2.39. The zero-order valence-corrected chi connectivity index (χ0v) is 14.3. The van der Waals surface area contributed by atoms with E-state index in [9.17, 15) is 4.79 Å². The van der Waals surface area contributed by atoms with Crippen molar-refractivity contribution in [2.45, 2.75) is 39.2 Å². The number of aromatic nitrogens is 2. The molecule has 5 heteroatoms. The highest BCUT2D eigenvalue weighted by molar-refractivity contribution is 6.10. The lowest BCUT2D eigenvalue weighted by Crippen LogP contribution is -2.43. The largest absolute Gasteiger partial charge is 0.383 e. The van der Waals surface area contributed by atoms with E-state index in [1.807, 2.05) is 12.1 Å². The summed E-state index contributed by atoms with van der Waals surface area (Å²) in [6, 6.07) is 9.51. The van der Waals surface area contributed by atoms with E-state index in [0.29, 0.717) is 23.2 Å². The van der Waals surface area contributed by atoms with Gasteiger partial charge in [-0.1, -0.05) is 19.9 Å². The molecule has 0 spiro atoms. The van der Waals surface area contributed by atoms with E-state index in [2.05, 4.69) is 28.7 Å². The van der Waals surface area contributed by atoms with Crippen molar-refractivity contribution in [1.82, 2.24) is 9.97 Å². The average Bonchev–Trinajstić information content (AvgIpc) is 2.61. The molecule has 1 fully saturated rings. The van der Waals surface area contributed by atoms with Gasteiger partial charge in [0.2, 0.25) is 5.78 Å². The van der Waals surface area contributed by atoms with Gasteiger partial charge in [-0.15, -0.1) is 0 Å². The Morgan fingerprint density at radius 3 is 2.83 bits per heavy atom. The van der Waals surface area contributed by atoms with Crippen molar-refractivity contribution < 1.29 is 4.79 Å². The number of carbonyl (C=O) groups is 1. The second kappa shape index (κ2) is 6.99. The quantitative estimate of drug-likeness (QED) is 0.874. The first-order valence-electron chi connectivity index (χ1n) is 8.57. The van der Waals surface area contributed by atoms with Crippen LogP contribution in [0.2, 0.25) is 0 Å². The SMILES string of the molecule is CC(C)[C@@H]1CCCCN1c1cccc(C(=O)c2cccnc2N)n1. The summed E-state index contributed by atoms with van der Waals surface area (Å²) in [7, 11) is 0. The van der Waals surface area contributed by atoms with Gasteiger partial charge >= 0.3 is 0 Å². The van der Waals surface area contributed by atoms with E-state index in [4.69, 9.17) is 5.73 Å². The molecule has 24 heavy (non-hydrogen) atoms. The molecule has 3 rings (SSSR count). The minimum atomic E-state index is -0.180. The van der Waals surface area contributed by atoms with Gasteiger partial charge in [0.15, 0.2) is 0 Å². The number of pyridine rings is 2. The third-order valence-electron chi connectivity index (χ3n) is 4.66. The summed E-state index contributed by atoms with van der Waals surface area (Å²) < 4.78 is 0. The standard InChI is InChI=1S/C19H24N4O/c1-13(2)16-9-3-4-12-23(16)17-10-5-8-15(22-17)18(24)14-7-6-11-21-19(14)20/h5-8,10-11,13,16H,3-4,9,12H2,1-2H3,(H2,20,21)/t16-/m0/s1. The summed E-state index contributed by atoms with van der Waals surface area (Å²) in [6.07, 6.45) is 5.17. The van der Waals surface area contributed by atoms with Gasteiger partial charge in [-0.25, -0.2) is 9.97 Å². The third-order valence-corrected chi connectivity index (χ3v) is 4.66. The van der Waals surface area contributed by atoms with Crippen LogP contribution in [-0.4, -0.2) is 28.3 Å². The topological polar surface area (TPSA) is 72.1 Å². The number of anilines is 2. The summed E-state index contributed by atoms with van der Waals surface area (Å²) in [5.41, 5.74) is 6.65. The van der Waals surface area contributed by atoms with E-state index in [1.165, 1.54) is 19.3 Å². The van der Waals surface area contributed by atoms with Gasteiger partial charge in [-0.3, -0.25) is 4.79 Å². The van der Waals surface area contributed by atoms with Gasteiger partial charge in [-0.05, 0) is 49.4 Å². The molecule has 1 aliphatic rings. The number of hydrogen-bond donors (Lipinski definition) is 1. The molecule has 1 atom stereocenters. The lowest BCUT2D eigenvalue weighted by molar-refractivity contribution is 0.103. The summed E-state index contributed by atoms with van der Waals surface area (Å²) in [5, 5.41) is 0. The Balaban J connectivity index is 1.91. The van der Waals surface area contributed by atoms with Crippen LogP contribution < -0.4 is 10.6 Å². The van der Waals surface area contributed by atoms with Crippen LogP contribution in [0.4, 0.5) is 11.6 Å². The molecule has 2 N–H and O–H groups in total. The molecule has 1 aliphatic heterocycles. The molecule has 0 bridgehead atoms. The number of rotatable bonds is 4. The predicted molar refractivity (Wildman–Crippen MR) is 96.1 cm³/mol. The maximum Gasteiger partial charge on any atom is 0.215 e. The second-order valence-corrected chi connectivity index (χ2v) is 6.65. The molecule has 0 aromatic carbocycles. The molecule has 1 saturated heterocycles. The molecule has 2 aromatic heterocycles. The van der Waals surface area contributed by atoms with Crippen molar-refractivity contribution in [3.8, 4) is 0 Å². The first kappa shape index (κ1) is 16.4. The smallest absolute Gasteiger partial charge is 0.215 e. The number of nitrogen functional groups attached to an aromatic ring is 1. The van der Waals surface area contributed by atoms with Crippen molar-refractivity contribution in [1.29, 1.82) is 0 Å². The van der Waals surface area contributed by atoms with Crippen molar-refractivity contribution >= 4 is 17.4 Å². The number of ketones is 1. The molecule has 126 valence electrons. The Kier molecular flexibility index (Phi) is 4.79. The van der Waals surface area contributed by atoms with Crippen LogP contribution in [0.15, 0.2) is 36.5 Å². The second-order valence-electron chi connectivity index (χ2n) is 6.65. The van der Waals surface area contributed by atoms with Crippen LogP contribution in [-0.2, 0) is 0 Å². The fraction of sp³-hybridized carbons (Fsp3) is 0.421. The summed E-state index contributed by atoms with van der Waals surface area (Å²) >= 11 is 0. The number of nitrogens with zero attached hydrogens (tertiary/aromatic N) is 3. The molecule has 0 amide bonds. The van der Waals surface area contributed by atoms with Crippen molar-refractivity contribution in [3.63, 3.8) is 0 Å². The number of hydrogen-bond acceptors (Lipinski definition) is 5. The molecule has 0 saturated carbocycles. The molecule has 0 aliphatic carbocycles. The fourth-order valence-electron chi connectivity index (χ4n) is 3.39. The molecule has 0 radical (unpaired) electrons. The van der Waals surface area contributed by atoms with Gasteiger partial charge in [0, 0.05) is 18.8 Å². The van der Waals surface area contributed by atoms with Crippen molar-refractivity contribution in [2.24, 2.45) is 5.92 Å². The molecular weight excluding hydrogens is 300 g/mol. The summed E-state index contributed by atoms with van der Waals surface area (Å²) in [5.74, 6) is 1.50. The lowest BCUT2D eigenvalue weighted by atomic mass is 9.93. The fourth-order valence-corrected chi connectivity index (χ4v) is 3.39. The van der Waals surface area contributed by atoms with Crippen molar-refractivity contribution in [3.05, 3.63) is 47.8 Å². The van der Waals surface area contributed by atoms with E-state index >= 15 is 0 Å². The van der Waals surface area contributed by atoms with E-state index in [1.54, 1.807) is 24.4 Å². The van der Waals surface area contributed by atoms with Gasteiger partial charge in [-0.2, -0.15) is 0 Å². The molecule has 5 nitrogen and oxygen atoms in total. The highest BCUT2D eigenvalue weighted by atomic mass is 16.1. The van der Waals surface area contributed by atoms with Crippen LogP contribution in [0.3, 0.4) is 0 Å². The number of piperidine rings is 1. The van der Waals surface area contributed by atoms with Gasteiger partial charge < -0.3 is 10.6 Å². The highest BCUT2D eigenvalue weighted by Gasteiger charge is 2.26. The van der Waals surface area contributed by atoms with Crippen LogP contribution in [0.25, 0.3) is 0 Å². The molecule has 2 aromatic rings. The maximum atomic E-state index is 12.7. The van der Waals surface area contributed by atoms with Gasteiger partial charge in [0.25, 0.3) is 0 Å². The predicted octanol–water partition coefficient (Wildman–Crippen LogP) is 3.30. The Labute approximate surface area is 142 Å². The van der Waals surface area contributed by atoms with E-state index < -0.39 is 0 Å². The van der Waals surface area contributed by atoms with Crippen LogP contribution >= 0.6 is 0 Å². The Morgan fingerprint density at radius 2 is 2.08 bits per heavy atom. The highest BCUT2D eigenvalue weighted by Crippen LogP contribution is 2.28. The first-order valence-corrected chi connectivity index (χ1v) is 8.57. The minimum absolute atomic E-state index is 0.180. The Morgan fingerprint density at radius 1 is 1.25 bits per heavy atom. The minimum Gasteiger partial charge on any atom is -0.383 e. The first-order chi connectivity index (χ1) is 11.6. The number of nitrogens with two attached hydrogens (primary N) is 1. The average molecular weight is 324 g/mol. The maximum absolute atomic E-state index is 12.7. The normalized spacial score (nSPS) is 18.0. The zero-order chi connectivity index (χ0) is 17.1. The molecular formula is C19H24N4O.